The lowest BCUT2D eigenvalue weighted by atomic mass is 9.52. The Bertz CT molecular complexity index is 1870. The predicted molar refractivity (Wildman–Crippen MR) is 177 cm³/mol. The van der Waals surface area contributed by atoms with Crippen LogP contribution in [0.25, 0.3) is 11.1 Å². The summed E-state index contributed by atoms with van der Waals surface area (Å²) in [4.78, 5) is 2.64. The molecule has 0 fully saturated rings. The van der Waals surface area contributed by atoms with Gasteiger partial charge in [0.15, 0.2) is 0 Å². The first-order chi connectivity index (χ1) is 20.1. The van der Waals surface area contributed by atoms with Gasteiger partial charge in [-0.2, -0.15) is 0 Å². The number of nitrogens with zero attached hydrogens (tertiary/aromatic N) is 1. The predicted octanol–water partition coefficient (Wildman–Crippen LogP) is 10.2. The summed E-state index contributed by atoms with van der Waals surface area (Å²) in [6.07, 6.45) is 9.98. The van der Waals surface area contributed by atoms with Crippen molar-refractivity contribution in [3.05, 3.63) is 155 Å². The molecule has 1 heteroatoms. The summed E-state index contributed by atoms with van der Waals surface area (Å²) in [5.74, 6) is 0.336. The van der Waals surface area contributed by atoms with Crippen molar-refractivity contribution in [2.45, 2.75) is 63.3 Å². The van der Waals surface area contributed by atoms with Gasteiger partial charge in [-0.3, -0.25) is 0 Å². The van der Waals surface area contributed by atoms with E-state index < -0.39 is 0 Å². The van der Waals surface area contributed by atoms with Crippen LogP contribution in [0.1, 0.15) is 63.8 Å². The van der Waals surface area contributed by atoms with E-state index in [9.17, 15) is 0 Å². The third-order valence-corrected chi connectivity index (χ3v) is 11.1. The molecule has 1 nitrogen and oxygen atoms in total. The lowest BCUT2D eigenvalue weighted by Gasteiger charge is -2.59. The summed E-state index contributed by atoms with van der Waals surface area (Å²) in [5, 5.41) is 0. The highest BCUT2D eigenvalue weighted by Crippen LogP contribution is 2.62. The minimum absolute atomic E-state index is 0.0481. The number of para-hydroxylation sites is 1. The molecule has 4 atom stereocenters. The van der Waals surface area contributed by atoms with Crippen molar-refractivity contribution in [1.82, 2.24) is 0 Å². The van der Waals surface area contributed by atoms with Gasteiger partial charge in [-0.15, -0.1) is 0 Å². The highest BCUT2D eigenvalue weighted by Gasteiger charge is 2.56. The van der Waals surface area contributed by atoms with Crippen LogP contribution in [-0.2, 0) is 16.2 Å². The van der Waals surface area contributed by atoms with Gasteiger partial charge in [-0.05, 0) is 89.4 Å². The summed E-state index contributed by atoms with van der Waals surface area (Å²) in [5.41, 5.74) is 13.2. The van der Waals surface area contributed by atoms with Gasteiger partial charge in [0.2, 0.25) is 0 Å². The topological polar surface area (TPSA) is 3.24 Å². The fourth-order valence-corrected chi connectivity index (χ4v) is 9.10. The summed E-state index contributed by atoms with van der Waals surface area (Å²) in [6, 6.07) is 36.4. The summed E-state index contributed by atoms with van der Waals surface area (Å²) < 4.78 is 0. The van der Waals surface area contributed by atoms with E-state index in [0.717, 1.165) is 0 Å². The minimum atomic E-state index is -0.324. The monoisotopic (exact) mass is 545 g/mol. The van der Waals surface area contributed by atoms with Crippen LogP contribution >= 0.6 is 0 Å². The number of rotatable bonds is 2. The molecule has 4 aliphatic rings. The van der Waals surface area contributed by atoms with E-state index in [0.29, 0.717) is 5.92 Å². The van der Waals surface area contributed by atoms with Crippen LogP contribution in [0.3, 0.4) is 0 Å². The lowest BCUT2D eigenvalue weighted by molar-refractivity contribution is 0.441. The smallest absolute Gasteiger partial charge is 0.0833 e. The molecule has 0 N–H and O–H groups in total. The molecule has 0 radical (unpaired) electrons. The van der Waals surface area contributed by atoms with Crippen LogP contribution in [0.15, 0.2) is 133 Å². The third kappa shape index (κ3) is 3.04. The first-order valence-electron chi connectivity index (χ1n) is 15.5. The standard InChI is InChI=1S/C41H39N/c1-27-22-23-40(5)33-18-12-13-19-35(33)42(29-20-21-31-30-16-10-11-17-32(30)38(2,3)34(31)26-29)41(6)25-24-39(4,36(27)37(40)41)28-14-8-7-9-15-28/h7-27H,1-6H3. The molecule has 0 bridgehead atoms. The van der Waals surface area contributed by atoms with Crippen LogP contribution in [0.4, 0.5) is 11.4 Å². The Morgan fingerprint density at radius 2 is 1.26 bits per heavy atom. The molecule has 4 unspecified atom stereocenters. The fourth-order valence-electron chi connectivity index (χ4n) is 9.10. The molecule has 0 amide bonds. The molecule has 4 aromatic carbocycles. The largest absolute Gasteiger partial charge is 0.328 e. The van der Waals surface area contributed by atoms with Gasteiger partial charge in [0.05, 0.1) is 5.54 Å². The third-order valence-electron chi connectivity index (χ3n) is 11.1. The second kappa shape index (κ2) is 8.26. The summed E-state index contributed by atoms with van der Waals surface area (Å²) >= 11 is 0. The molecule has 208 valence electrons. The van der Waals surface area contributed by atoms with Gasteiger partial charge in [0.25, 0.3) is 0 Å². The Balaban J connectivity index is 1.41. The van der Waals surface area contributed by atoms with Gasteiger partial charge < -0.3 is 4.90 Å². The van der Waals surface area contributed by atoms with Gasteiger partial charge in [0, 0.05) is 27.6 Å². The van der Waals surface area contributed by atoms with Gasteiger partial charge in [0.1, 0.15) is 0 Å². The quantitative estimate of drug-likeness (QED) is 0.227. The Hall–Kier alpha value is -4.10. The molecule has 0 aromatic heterocycles. The summed E-state index contributed by atoms with van der Waals surface area (Å²) in [7, 11) is 0. The number of anilines is 2. The molecule has 0 saturated heterocycles. The highest BCUT2D eigenvalue weighted by molar-refractivity contribution is 5.86. The van der Waals surface area contributed by atoms with Crippen LogP contribution in [0, 0.1) is 5.92 Å². The van der Waals surface area contributed by atoms with Crippen molar-refractivity contribution >= 4 is 11.4 Å². The van der Waals surface area contributed by atoms with Gasteiger partial charge in [-0.25, -0.2) is 0 Å². The lowest BCUT2D eigenvalue weighted by Crippen LogP contribution is -2.58. The van der Waals surface area contributed by atoms with Crippen molar-refractivity contribution in [2.24, 2.45) is 5.92 Å². The van der Waals surface area contributed by atoms with Crippen molar-refractivity contribution < 1.29 is 0 Å². The second-order valence-corrected chi connectivity index (χ2v) is 13.9. The SMILES string of the molecule is CC1C=CC2(C)C3=C1C(C)(c1ccccc1)C=CC3(C)N(c1ccc3c(c1)C(C)(C)c1ccccc1-3)c1ccccc12. The molecule has 1 aliphatic heterocycles. The van der Waals surface area contributed by atoms with E-state index in [1.807, 2.05) is 0 Å². The number of hydrogen-bond donors (Lipinski definition) is 0. The van der Waals surface area contributed by atoms with Crippen molar-refractivity contribution in [1.29, 1.82) is 0 Å². The zero-order valence-electron chi connectivity index (χ0n) is 25.6. The average molecular weight is 546 g/mol. The molecule has 8 rings (SSSR count). The molecule has 3 aliphatic carbocycles. The van der Waals surface area contributed by atoms with Crippen LogP contribution in [0.2, 0.25) is 0 Å². The van der Waals surface area contributed by atoms with Crippen LogP contribution in [-0.4, -0.2) is 5.54 Å². The Morgan fingerprint density at radius 1 is 0.595 bits per heavy atom. The van der Waals surface area contributed by atoms with Crippen LogP contribution in [0.5, 0.6) is 0 Å². The Kier molecular flexibility index (Phi) is 5.03. The maximum atomic E-state index is 2.64. The van der Waals surface area contributed by atoms with E-state index in [4.69, 9.17) is 0 Å². The Morgan fingerprint density at radius 3 is 2.05 bits per heavy atom. The molecule has 1 heterocycles. The number of allylic oxidation sites excluding steroid dienone is 4. The van der Waals surface area contributed by atoms with E-state index in [-0.39, 0.29) is 21.8 Å². The van der Waals surface area contributed by atoms with E-state index >= 15 is 0 Å². The Labute approximate surface area is 250 Å². The van der Waals surface area contributed by atoms with Crippen molar-refractivity contribution in [3.8, 4) is 11.1 Å². The van der Waals surface area contributed by atoms with Crippen molar-refractivity contribution in [2.75, 3.05) is 4.90 Å². The number of hydrogen-bond acceptors (Lipinski definition) is 1. The first kappa shape index (κ1) is 25.6. The second-order valence-electron chi connectivity index (χ2n) is 13.9. The highest BCUT2D eigenvalue weighted by atomic mass is 15.2. The number of fused-ring (bicyclic) bond motifs is 5. The van der Waals surface area contributed by atoms with Gasteiger partial charge >= 0.3 is 0 Å². The minimum Gasteiger partial charge on any atom is -0.328 e. The number of benzene rings is 4. The molecular weight excluding hydrogens is 506 g/mol. The maximum absolute atomic E-state index is 2.64. The van der Waals surface area contributed by atoms with E-state index in [2.05, 4.69) is 168 Å². The molecular formula is C41H39N. The van der Waals surface area contributed by atoms with Crippen molar-refractivity contribution in [3.63, 3.8) is 0 Å². The zero-order valence-corrected chi connectivity index (χ0v) is 25.6. The zero-order chi connectivity index (χ0) is 29.1. The summed E-state index contributed by atoms with van der Waals surface area (Å²) in [6.45, 7) is 14.5. The van der Waals surface area contributed by atoms with E-state index in [1.165, 1.54) is 55.9 Å². The molecule has 0 saturated carbocycles. The molecule has 4 aromatic rings. The molecule has 42 heavy (non-hydrogen) atoms. The van der Waals surface area contributed by atoms with E-state index in [1.54, 1.807) is 0 Å². The molecule has 0 spiro atoms. The van der Waals surface area contributed by atoms with Gasteiger partial charge in [-0.1, -0.05) is 124 Å². The van der Waals surface area contributed by atoms with Crippen LogP contribution < -0.4 is 4.90 Å². The maximum Gasteiger partial charge on any atom is 0.0833 e. The fraction of sp³-hybridized carbons (Fsp3) is 0.268. The first-order valence-corrected chi connectivity index (χ1v) is 15.5. The normalized spacial score (nSPS) is 29.6. The average Bonchev–Trinajstić information content (AvgIpc) is 3.23.